The molecular weight excluding hydrogens is 318 g/mol. The Bertz CT molecular complexity index is 306. The molecule has 0 saturated heterocycles. The Morgan fingerprint density at radius 1 is 0.680 bits per heavy atom. The van der Waals surface area contributed by atoms with Gasteiger partial charge in [0, 0.05) is 14.0 Å². The molecule has 0 rings (SSSR count). The van der Waals surface area contributed by atoms with Gasteiger partial charge in [0.05, 0.1) is 0 Å². The fraction of sp³-hybridized carbons (Fsp3) is 0.842. The highest BCUT2D eigenvalue weighted by Gasteiger charge is 2.25. The third-order valence-corrected chi connectivity index (χ3v) is 2.31. The molecule has 25 heavy (non-hydrogen) atoms. The van der Waals surface area contributed by atoms with Crippen LogP contribution in [0.15, 0.2) is 0 Å². The molecule has 0 aliphatic carbocycles. The SMILES string of the molecule is CC.CC.CC.CC.CNC(=O)C(C)NC(=O)C(NC(C)=O)C(C)C. The van der Waals surface area contributed by atoms with Gasteiger partial charge in [-0.2, -0.15) is 0 Å². The Morgan fingerprint density at radius 3 is 1.28 bits per heavy atom. The maximum absolute atomic E-state index is 11.8. The number of nitrogens with one attached hydrogen (secondary N) is 3. The molecule has 3 amide bonds. The van der Waals surface area contributed by atoms with Crippen molar-refractivity contribution in [1.82, 2.24) is 16.0 Å². The number of carbonyl (C=O) groups excluding carboxylic acids is 3. The molecule has 6 nitrogen and oxygen atoms in total. The van der Waals surface area contributed by atoms with E-state index in [9.17, 15) is 14.4 Å². The van der Waals surface area contributed by atoms with Gasteiger partial charge in [-0.15, -0.1) is 0 Å². The number of likely N-dealkylation sites (N-methyl/N-ethyl adjacent to an activating group) is 1. The van der Waals surface area contributed by atoms with Crippen LogP contribution < -0.4 is 16.0 Å². The number of hydrogen-bond donors (Lipinski definition) is 3. The van der Waals surface area contributed by atoms with Crippen molar-refractivity contribution < 1.29 is 14.4 Å². The van der Waals surface area contributed by atoms with Gasteiger partial charge in [0.2, 0.25) is 17.7 Å². The Morgan fingerprint density at radius 2 is 1.04 bits per heavy atom. The second-order valence-corrected chi connectivity index (χ2v) is 4.27. The van der Waals surface area contributed by atoms with Crippen LogP contribution in [0.1, 0.15) is 83.1 Å². The smallest absolute Gasteiger partial charge is 0.243 e. The molecule has 0 saturated carbocycles. The van der Waals surface area contributed by atoms with E-state index < -0.39 is 12.1 Å². The maximum Gasteiger partial charge on any atom is 0.243 e. The second kappa shape index (κ2) is 27.3. The molecule has 0 aromatic carbocycles. The second-order valence-electron chi connectivity index (χ2n) is 4.27. The molecule has 0 radical (unpaired) electrons. The zero-order valence-corrected chi connectivity index (χ0v) is 19.0. The highest BCUT2D eigenvalue weighted by atomic mass is 16.2. The van der Waals surface area contributed by atoms with Crippen LogP contribution in [-0.4, -0.2) is 36.9 Å². The van der Waals surface area contributed by atoms with Crippen molar-refractivity contribution in [2.24, 2.45) is 5.92 Å². The molecule has 154 valence electrons. The van der Waals surface area contributed by atoms with Gasteiger partial charge in [0.25, 0.3) is 0 Å². The quantitative estimate of drug-likeness (QED) is 0.698. The standard InChI is InChI=1S/C11H21N3O3.4C2H6/c1-6(2)9(14-8(4)15)11(17)13-7(3)10(16)12-5;4*1-2/h6-7,9H,1-5H3,(H,12,16)(H,13,17)(H,14,15);4*1-2H3. The van der Waals surface area contributed by atoms with Crippen molar-refractivity contribution in [1.29, 1.82) is 0 Å². The summed E-state index contributed by atoms with van der Waals surface area (Å²) in [6, 6.07) is -1.25. The summed E-state index contributed by atoms with van der Waals surface area (Å²) in [5.41, 5.74) is 0. The maximum atomic E-state index is 11.8. The van der Waals surface area contributed by atoms with Gasteiger partial charge >= 0.3 is 0 Å². The number of hydrogen-bond acceptors (Lipinski definition) is 3. The fourth-order valence-corrected chi connectivity index (χ4v) is 1.34. The summed E-state index contributed by atoms with van der Waals surface area (Å²) in [6.45, 7) is 22.6. The number of rotatable bonds is 5. The molecule has 0 aliphatic heterocycles. The molecule has 3 N–H and O–H groups in total. The Kier molecular flexibility index (Phi) is 37.8. The van der Waals surface area contributed by atoms with Crippen LogP contribution in [0.3, 0.4) is 0 Å². The largest absolute Gasteiger partial charge is 0.357 e. The Balaban J connectivity index is -0.000000145. The van der Waals surface area contributed by atoms with E-state index in [1.807, 2.05) is 69.2 Å². The molecule has 0 heterocycles. The molecule has 0 bridgehead atoms. The molecule has 0 spiro atoms. The van der Waals surface area contributed by atoms with E-state index in [1.165, 1.54) is 14.0 Å². The van der Waals surface area contributed by atoms with Crippen LogP contribution in [-0.2, 0) is 14.4 Å². The van der Waals surface area contributed by atoms with E-state index in [1.54, 1.807) is 6.92 Å². The molecule has 0 fully saturated rings. The van der Waals surface area contributed by atoms with E-state index in [0.717, 1.165) is 0 Å². The van der Waals surface area contributed by atoms with Crippen molar-refractivity contribution >= 4 is 17.7 Å². The van der Waals surface area contributed by atoms with Crippen molar-refractivity contribution in [3.63, 3.8) is 0 Å². The Labute approximate surface area is 156 Å². The highest BCUT2D eigenvalue weighted by Crippen LogP contribution is 2.02. The van der Waals surface area contributed by atoms with Crippen molar-refractivity contribution in [2.75, 3.05) is 7.05 Å². The van der Waals surface area contributed by atoms with Gasteiger partial charge in [-0.25, -0.2) is 0 Å². The molecule has 2 unspecified atom stereocenters. The van der Waals surface area contributed by atoms with E-state index in [2.05, 4.69) is 16.0 Å². The number of carbonyl (C=O) groups is 3. The van der Waals surface area contributed by atoms with Crippen molar-refractivity contribution in [2.45, 2.75) is 95.2 Å². The van der Waals surface area contributed by atoms with Crippen LogP contribution in [0, 0.1) is 5.92 Å². The summed E-state index contributed by atoms with van der Waals surface area (Å²) in [6.07, 6.45) is 0. The van der Waals surface area contributed by atoms with E-state index >= 15 is 0 Å². The lowest BCUT2D eigenvalue weighted by atomic mass is 10.0. The lowest BCUT2D eigenvalue weighted by Crippen LogP contribution is -2.53. The Hall–Kier alpha value is -1.59. The van der Waals surface area contributed by atoms with Gasteiger partial charge in [0.15, 0.2) is 0 Å². The van der Waals surface area contributed by atoms with E-state index in [0.29, 0.717) is 0 Å². The third-order valence-electron chi connectivity index (χ3n) is 2.31. The lowest BCUT2D eigenvalue weighted by molar-refractivity contribution is -0.132. The first-order valence-electron chi connectivity index (χ1n) is 9.58. The van der Waals surface area contributed by atoms with Crippen molar-refractivity contribution in [3.8, 4) is 0 Å². The number of amides is 3. The van der Waals surface area contributed by atoms with Crippen LogP contribution in [0.25, 0.3) is 0 Å². The van der Waals surface area contributed by atoms with Crippen LogP contribution in [0.4, 0.5) is 0 Å². The summed E-state index contributed by atoms with van der Waals surface area (Å²) >= 11 is 0. The van der Waals surface area contributed by atoms with Crippen LogP contribution >= 0.6 is 0 Å². The summed E-state index contributed by atoms with van der Waals surface area (Å²) in [5, 5.41) is 7.55. The van der Waals surface area contributed by atoms with E-state index in [4.69, 9.17) is 0 Å². The van der Waals surface area contributed by atoms with E-state index in [-0.39, 0.29) is 23.6 Å². The average Bonchev–Trinajstić information content (AvgIpc) is 2.65. The topological polar surface area (TPSA) is 87.3 Å². The molecular formula is C19H45N3O3. The zero-order valence-electron chi connectivity index (χ0n) is 19.0. The van der Waals surface area contributed by atoms with Gasteiger partial charge < -0.3 is 16.0 Å². The highest BCUT2D eigenvalue weighted by molar-refractivity contribution is 5.91. The van der Waals surface area contributed by atoms with Gasteiger partial charge in [0.1, 0.15) is 12.1 Å². The first-order valence-corrected chi connectivity index (χ1v) is 9.58. The van der Waals surface area contributed by atoms with Crippen LogP contribution in [0.2, 0.25) is 0 Å². The predicted molar refractivity (Wildman–Crippen MR) is 110 cm³/mol. The van der Waals surface area contributed by atoms with Crippen molar-refractivity contribution in [3.05, 3.63) is 0 Å². The lowest BCUT2D eigenvalue weighted by Gasteiger charge is -2.22. The minimum atomic E-state index is -0.625. The summed E-state index contributed by atoms with van der Waals surface area (Å²) in [4.78, 5) is 34.1. The third kappa shape index (κ3) is 22.4. The van der Waals surface area contributed by atoms with Gasteiger partial charge in [-0.1, -0.05) is 69.2 Å². The molecule has 0 aliphatic rings. The molecule has 2 atom stereocenters. The normalized spacial score (nSPS) is 10.3. The predicted octanol–water partition coefficient (Wildman–Crippen LogP) is 3.50. The fourth-order valence-electron chi connectivity index (χ4n) is 1.34. The molecule has 6 heteroatoms. The van der Waals surface area contributed by atoms with Gasteiger partial charge in [-0.05, 0) is 12.8 Å². The van der Waals surface area contributed by atoms with Crippen LogP contribution in [0.5, 0.6) is 0 Å². The molecule has 0 aromatic heterocycles. The summed E-state index contributed by atoms with van der Waals surface area (Å²) in [7, 11) is 1.50. The summed E-state index contributed by atoms with van der Waals surface area (Å²) < 4.78 is 0. The minimum absolute atomic E-state index is 0.0456. The molecule has 0 aromatic rings. The monoisotopic (exact) mass is 363 g/mol. The average molecular weight is 364 g/mol. The summed E-state index contributed by atoms with van der Waals surface area (Å²) in [5.74, 6) is -0.947. The van der Waals surface area contributed by atoms with Gasteiger partial charge in [-0.3, -0.25) is 14.4 Å². The minimum Gasteiger partial charge on any atom is -0.357 e. The first-order chi connectivity index (χ1) is 11.8. The first kappa shape index (κ1) is 34.7. The zero-order chi connectivity index (χ0) is 21.6.